The molecule has 1 heterocycles. The molecule has 13 rings (SSSR count). The topological polar surface area (TPSA) is 186 Å². The molecule has 13 fully saturated rings. The molecule has 0 aromatic heterocycles. The molecule has 54 heavy (non-hydrogen) atoms. The first-order chi connectivity index (χ1) is 25.4. The fourth-order valence-electron chi connectivity index (χ4n) is 14.3. The molecule has 12 saturated carbocycles. The maximum atomic E-state index is 14.3. The number of ether oxygens (including phenoxy) is 5. The van der Waals surface area contributed by atoms with Crippen molar-refractivity contribution in [2.24, 2.45) is 64.1 Å². The second-order valence-corrected chi connectivity index (χ2v) is 20.7. The zero-order chi connectivity index (χ0) is 37.8. The summed E-state index contributed by atoms with van der Waals surface area (Å²) in [5.41, 5.74) is -2.89. The lowest BCUT2D eigenvalue weighted by Gasteiger charge is -2.62. The molecular formula is C38H46F2O13S. The van der Waals surface area contributed by atoms with Gasteiger partial charge in [0.05, 0.1) is 10.8 Å². The van der Waals surface area contributed by atoms with Gasteiger partial charge in [-0.05, 0) is 114 Å². The zero-order valence-electron chi connectivity index (χ0n) is 29.9. The maximum Gasteiger partial charge on any atom is 0.465 e. The van der Waals surface area contributed by atoms with Crippen LogP contribution in [0.4, 0.5) is 8.78 Å². The van der Waals surface area contributed by atoms with Crippen LogP contribution in [0.2, 0.25) is 0 Å². The summed E-state index contributed by atoms with van der Waals surface area (Å²) in [6, 6.07) is 0. The zero-order valence-corrected chi connectivity index (χ0v) is 30.7. The number of hydrogen-bond acceptors (Lipinski definition) is 12. The highest BCUT2D eigenvalue weighted by Gasteiger charge is 2.70. The molecule has 0 aromatic carbocycles. The van der Waals surface area contributed by atoms with Gasteiger partial charge >= 0.3 is 33.3 Å². The number of halogens is 2. The quantitative estimate of drug-likeness (QED) is 0.202. The van der Waals surface area contributed by atoms with E-state index in [1.54, 1.807) is 0 Å². The minimum absolute atomic E-state index is 0.0366. The lowest BCUT2D eigenvalue weighted by Crippen LogP contribution is -2.66. The number of ketones is 2. The molecule has 13 nitrogen and oxygen atoms in total. The third-order valence-corrected chi connectivity index (χ3v) is 16.7. The molecule has 1 N–H and O–H groups in total. The predicted octanol–water partition coefficient (Wildman–Crippen LogP) is 3.95. The molecule has 0 aromatic rings. The van der Waals surface area contributed by atoms with Gasteiger partial charge in [-0.15, -0.1) is 0 Å². The summed E-state index contributed by atoms with van der Waals surface area (Å²) in [6.07, 6.45) is 6.17. The molecule has 16 heteroatoms. The van der Waals surface area contributed by atoms with Gasteiger partial charge in [-0.3, -0.25) is 23.7 Å². The molecule has 12 bridgehead atoms. The number of hydrogen-bond donors (Lipinski definition) is 1. The molecule has 0 radical (unpaired) electrons. The van der Waals surface area contributed by atoms with Crippen molar-refractivity contribution < 1.29 is 69.4 Å². The van der Waals surface area contributed by atoms with Crippen LogP contribution in [0, 0.1) is 64.1 Å². The Morgan fingerprint density at radius 1 is 0.667 bits per heavy atom. The highest BCUT2D eigenvalue weighted by atomic mass is 32.2. The van der Waals surface area contributed by atoms with Crippen molar-refractivity contribution in [3.63, 3.8) is 0 Å². The smallest absolute Gasteiger partial charge is 0.462 e. The van der Waals surface area contributed by atoms with Gasteiger partial charge < -0.3 is 23.7 Å². The Balaban J connectivity index is 0.884. The highest BCUT2D eigenvalue weighted by molar-refractivity contribution is 7.87. The van der Waals surface area contributed by atoms with Gasteiger partial charge in [0.2, 0.25) is 0 Å². The van der Waals surface area contributed by atoms with Crippen molar-refractivity contribution in [2.45, 2.75) is 125 Å². The predicted molar refractivity (Wildman–Crippen MR) is 175 cm³/mol. The van der Waals surface area contributed by atoms with E-state index in [-0.39, 0.29) is 85.6 Å². The van der Waals surface area contributed by atoms with Crippen LogP contribution >= 0.6 is 0 Å². The van der Waals surface area contributed by atoms with Gasteiger partial charge in [0, 0.05) is 35.5 Å². The molecule has 0 amide bonds. The van der Waals surface area contributed by atoms with E-state index < -0.39 is 67.6 Å². The standard InChI is InChI=1S/C38H46F2O13S/c39-38(40,54(46,47)48)33(45)53-36-9-20-5-25(14-36)37(26(6-20)15-36)51-27(16-49-31(43)34-7-18-1-21(10-34)29(41)22(2-18)11-34)28(52-37)17-50-32(44)35-8-19-3-23(12-35)30(42)24(4-19)13-35/h18-28H,1-17H2,(H,46,47,48). The van der Waals surface area contributed by atoms with Crippen LogP contribution in [0.3, 0.4) is 0 Å². The Bertz CT molecular complexity index is 1700. The molecule has 1 saturated heterocycles. The normalized spacial score (nSPS) is 49.2. The summed E-state index contributed by atoms with van der Waals surface area (Å²) in [6.45, 7) is -0.401. The molecule has 296 valence electrons. The van der Waals surface area contributed by atoms with E-state index in [4.69, 9.17) is 28.2 Å². The summed E-state index contributed by atoms with van der Waals surface area (Å²) in [5.74, 6) is -4.77. The van der Waals surface area contributed by atoms with Gasteiger partial charge in [0.15, 0.2) is 5.79 Å². The first-order valence-electron chi connectivity index (χ1n) is 19.8. The van der Waals surface area contributed by atoms with Gasteiger partial charge in [-0.25, -0.2) is 4.79 Å². The van der Waals surface area contributed by atoms with Gasteiger partial charge in [-0.1, -0.05) is 0 Å². The van der Waals surface area contributed by atoms with Crippen LogP contribution in [0.1, 0.15) is 96.3 Å². The summed E-state index contributed by atoms with van der Waals surface area (Å²) in [4.78, 5) is 65.9. The SMILES string of the molecule is O=C1C2CC3CC1CC(C(=O)OCC1OC4(OC1COC(=O)C15CC6CC(C1)C(=O)C(C6)C5)C1CC5CC4CC(OC(=O)C(F)(F)S(=O)(=O)O)(C5)C1)(C3)C2. The van der Waals surface area contributed by atoms with Crippen molar-refractivity contribution in [1.82, 2.24) is 0 Å². The van der Waals surface area contributed by atoms with E-state index in [1.807, 2.05) is 0 Å². The Morgan fingerprint density at radius 2 is 1.07 bits per heavy atom. The van der Waals surface area contributed by atoms with Crippen molar-refractivity contribution in [1.29, 1.82) is 0 Å². The summed E-state index contributed by atoms with van der Waals surface area (Å²) in [7, 11) is -6.06. The van der Waals surface area contributed by atoms with Gasteiger partial charge in [0.1, 0.15) is 42.6 Å². The van der Waals surface area contributed by atoms with E-state index in [9.17, 15) is 41.2 Å². The lowest BCUT2D eigenvalue weighted by atomic mass is 9.49. The summed E-state index contributed by atoms with van der Waals surface area (Å²) >= 11 is 0. The van der Waals surface area contributed by atoms with E-state index in [0.717, 1.165) is 25.7 Å². The van der Waals surface area contributed by atoms with Gasteiger partial charge in [0.25, 0.3) is 0 Å². The number of alkyl halides is 2. The van der Waals surface area contributed by atoms with E-state index >= 15 is 0 Å². The Labute approximate surface area is 311 Å². The number of esters is 3. The van der Waals surface area contributed by atoms with Gasteiger partial charge in [-0.2, -0.15) is 17.2 Å². The number of carbonyl (C=O) groups is 5. The average molecular weight is 781 g/mol. The summed E-state index contributed by atoms with van der Waals surface area (Å²) in [5, 5.41) is -5.13. The van der Waals surface area contributed by atoms with Crippen LogP contribution in [0.5, 0.6) is 0 Å². The summed E-state index contributed by atoms with van der Waals surface area (Å²) < 4.78 is 91.3. The molecule has 1 aliphatic heterocycles. The number of carbonyl (C=O) groups excluding carboxylic acids is 5. The van der Waals surface area contributed by atoms with Crippen LogP contribution < -0.4 is 0 Å². The Morgan fingerprint density at radius 3 is 1.48 bits per heavy atom. The first kappa shape index (κ1) is 35.8. The largest absolute Gasteiger partial charge is 0.465 e. The Hall–Kier alpha value is -2.56. The molecule has 1 spiro atoms. The molecule has 12 aliphatic carbocycles. The number of Topliss-reactive ketones (excluding diaryl/α,β-unsaturated/α-hetero) is 2. The maximum absolute atomic E-state index is 14.3. The fourth-order valence-corrected chi connectivity index (χ4v) is 14.5. The third kappa shape index (κ3) is 5.13. The van der Waals surface area contributed by atoms with Crippen LogP contribution in [-0.2, 0) is 57.8 Å². The highest BCUT2D eigenvalue weighted by Crippen LogP contribution is 2.65. The van der Waals surface area contributed by atoms with E-state index in [1.165, 1.54) is 0 Å². The van der Waals surface area contributed by atoms with Crippen molar-refractivity contribution >= 4 is 39.6 Å². The first-order valence-corrected chi connectivity index (χ1v) is 21.2. The molecule has 8 unspecified atom stereocenters. The number of rotatable bonds is 9. The minimum atomic E-state index is -6.06. The molecule has 8 atom stereocenters. The van der Waals surface area contributed by atoms with Crippen LogP contribution in [-0.4, -0.2) is 84.5 Å². The third-order valence-electron chi connectivity index (χ3n) is 15.8. The second kappa shape index (κ2) is 11.5. The van der Waals surface area contributed by atoms with Crippen LogP contribution in [0.25, 0.3) is 0 Å². The average Bonchev–Trinajstić information content (AvgIpc) is 3.47. The fraction of sp³-hybridized carbons (Fsp3) is 0.868. The second-order valence-electron chi connectivity index (χ2n) is 19.2. The van der Waals surface area contributed by atoms with E-state index in [0.29, 0.717) is 63.2 Å². The minimum Gasteiger partial charge on any atom is -0.462 e. The van der Waals surface area contributed by atoms with Crippen molar-refractivity contribution in [2.75, 3.05) is 13.2 Å². The molecule has 13 aliphatic rings. The molecular weight excluding hydrogens is 734 g/mol. The van der Waals surface area contributed by atoms with Crippen molar-refractivity contribution in [3.05, 3.63) is 0 Å². The monoisotopic (exact) mass is 780 g/mol. The van der Waals surface area contributed by atoms with Crippen molar-refractivity contribution in [3.8, 4) is 0 Å². The van der Waals surface area contributed by atoms with Crippen LogP contribution in [0.15, 0.2) is 0 Å². The Kier molecular flexibility index (Phi) is 7.64. The van der Waals surface area contributed by atoms with E-state index in [2.05, 4.69) is 0 Å². The lowest BCUT2D eigenvalue weighted by molar-refractivity contribution is -0.326.